The Morgan fingerprint density at radius 3 is 2.56 bits per heavy atom. The zero-order valence-corrected chi connectivity index (χ0v) is 23.8. The number of methoxy groups -OCH3 is 1. The number of carbonyl (C=O) groups is 2. The number of rotatable bonds is 9. The minimum absolute atomic E-state index is 0.191. The number of carbonyl (C=O) groups excluding carboxylic acids is 2. The van der Waals surface area contributed by atoms with Crippen LogP contribution in [-0.4, -0.2) is 52.9 Å². The molecule has 1 aliphatic rings. The molecule has 210 valence electrons. The maximum atomic E-state index is 13.6. The van der Waals surface area contributed by atoms with Gasteiger partial charge in [-0.25, -0.2) is 9.67 Å². The maximum absolute atomic E-state index is 13.6. The average molecular weight is 537 g/mol. The summed E-state index contributed by atoms with van der Waals surface area (Å²) in [5.74, 6) is -0.156. The molecule has 3 heterocycles. The van der Waals surface area contributed by atoms with Gasteiger partial charge in [0.15, 0.2) is 5.65 Å². The number of pyridine rings is 1. The van der Waals surface area contributed by atoms with E-state index in [1.165, 1.54) is 7.11 Å². The van der Waals surface area contributed by atoms with E-state index in [9.17, 15) is 9.59 Å². The molecule has 3 N–H and O–H groups in total. The van der Waals surface area contributed by atoms with Gasteiger partial charge in [0.2, 0.25) is 5.91 Å². The topological polar surface area (TPSA) is 119 Å². The Bertz CT molecular complexity index is 1340. The number of nitrogens with one attached hydrogen (secondary N) is 3. The molecule has 1 aromatic carbocycles. The third kappa shape index (κ3) is 6.16. The largest absolute Gasteiger partial charge is 0.496 e. The third-order valence-corrected chi connectivity index (χ3v) is 7.00. The van der Waals surface area contributed by atoms with Crippen LogP contribution in [0, 0.1) is 5.41 Å². The molecule has 2 amide bonds. The number of nitrogens with zero attached hydrogens (tertiary/aromatic N) is 3. The molecule has 0 radical (unpaired) electrons. The first kappa shape index (κ1) is 28.4. The van der Waals surface area contributed by atoms with Crippen LogP contribution < -0.4 is 20.7 Å². The first-order chi connectivity index (χ1) is 18.7. The van der Waals surface area contributed by atoms with E-state index >= 15 is 0 Å². The zero-order valence-electron chi connectivity index (χ0n) is 23.8. The van der Waals surface area contributed by atoms with Gasteiger partial charge in [0, 0.05) is 49.0 Å². The summed E-state index contributed by atoms with van der Waals surface area (Å²) >= 11 is 0. The van der Waals surface area contributed by atoms with Crippen molar-refractivity contribution in [1.82, 2.24) is 20.1 Å². The summed E-state index contributed by atoms with van der Waals surface area (Å²) in [5, 5.41) is 15.2. The van der Waals surface area contributed by atoms with Crippen LogP contribution in [0.25, 0.3) is 11.0 Å². The minimum Gasteiger partial charge on any atom is -0.496 e. The van der Waals surface area contributed by atoms with E-state index in [1.807, 2.05) is 38.6 Å². The van der Waals surface area contributed by atoms with Gasteiger partial charge >= 0.3 is 0 Å². The van der Waals surface area contributed by atoms with Gasteiger partial charge in [-0.3, -0.25) is 9.59 Å². The van der Waals surface area contributed by atoms with Gasteiger partial charge in [-0.1, -0.05) is 33.8 Å². The first-order valence-electron chi connectivity index (χ1n) is 13.7. The van der Waals surface area contributed by atoms with Crippen molar-refractivity contribution in [1.29, 1.82) is 0 Å². The van der Waals surface area contributed by atoms with Crippen LogP contribution in [0.2, 0.25) is 0 Å². The molecular weight excluding hydrogens is 496 g/mol. The van der Waals surface area contributed by atoms with Gasteiger partial charge in [0.1, 0.15) is 11.3 Å². The summed E-state index contributed by atoms with van der Waals surface area (Å²) in [5.41, 5.74) is 3.66. The van der Waals surface area contributed by atoms with Crippen molar-refractivity contribution in [3.63, 3.8) is 0 Å². The summed E-state index contributed by atoms with van der Waals surface area (Å²) in [7, 11) is 1.51. The molecule has 0 bridgehead atoms. The van der Waals surface area contributed by atoms with Gasteiger partial charge < -0.3 is 25.4 Å². The summed E-state index contributed by atoms with van der Waals surface area (Å²) in [6.45, 7) is 12.0. The van der Waals surface area contributed by atoms with Gasteiger partial charge in [0.05, 0.1) is 30.1 Å². The van der Waals surface area contributed by atoms with E-state index in [1.54, 1.807) is 18.2 Å². The number of aryl methyl sites for hydroxylation is 2. The first-order valence-corrected chi connectivity index (χ1v) is 13.7. The summed E-state index contributed by atoms with van der Waals surface area (Å²) in [6, 6.07) is 5.43. The smallest absolute Gasteiger partial charge is 0.257 e. The zero-order chi connectivity index (χ0) is 28.2. The Kier molecular flexibility index (Phi) is 8.74. The summed E-state index contributed by atoms with van der Waals surface area (Å²) in [4.78, 5) is 31.3. The van der Waals surface area contributed by atoms with Crippen LogP contribution in [0.4, 0.5) is 11.4 Å². The summed E-state index contributed by atoms with van der Waals surface area (Å²) in [6.07, 6.45) is 4.34. The number of ether oxygens (including phenoxy) is 2. The second-order valence-electron chi connectivity index (χ2n) is 10.8. The van der Waals surface area contributed by atoms with Crippen LogP contribution in [0.1, 0.15) is 69.1 Å². The van der Waals surface area contributed by atoms with E-state index in [2.05, 4.69) is 28.0 Å². The van der Waals surface area contributed by atoms with Gasteiger partial charge in [0.25, 0.3) is 5.91 Å². The molecule has 0 aliphatic carbocycles. The predicted molar refractivity (Wildman–Crippen MR) is 152 cm³/mol. The van der Waals surface area contributed by atoms with Crippen LogP contribution in [0.15, 0.2) is 24.4 Å². The molecule has 0 spiro atoms. The third-order valence-electron chi connectivity index (χ3n) is 7.00. The van der Waals surface area contributed by atoms with Crippen molar-refractivity contribution in [3.8, 4) is 5.75 Å². The molecule has 0 unspecified atom stereocenters. The summed E-state index contributed by atoms with van der Waals surface area (Å²) < 4.78 is 13.0. The van der Waals surface area contributed by atoms with Crippen LogP contribution in [0.3, 0.4) is 0 Å². The molecule has 39 heavy (non-hydrogen) atoms. The van der Waals surface area contributed by atoms with Crippen molar-refractivity contribution in [3.05, 3.63) is 41.2 Å². The fourth-order valence-corrected chi connectivity index (χ4v) is 4.71. The van der Waals surface area contributed by atoms with Gasteiger partial charge in [-0.05, 0) is 38.3 Å². The van der Waals surface area contributed by atoms with E-state index in [4.69, 9.17) is 14.5 Å². The molecule has 1 fully saturated rings. The highest BCUT2D eigenvalue weighted by atomic mass is 16.5. The Hall–Kier alpha value is -3.66. The quantitative estimate of drug-likeness (QED) is 0.368. The van der Waals surface area contributed by atoms with Crippen molar-refractivity contribution in [2.75, 3.05) is 31.0 Å². The highest BCUT2D eigenvalue weighted by Gasteiger charge is 2.26. The number of aromatic nitrogens is 3. The van der Waals surface area contributed by atoms with Crippen LogP contribution >= 0.6 is 0 Å². The van der Waals surface area contributed by atoms with E-state index in [0.717, 1.165) is 40.8 Å². The van der Waals surface area contributed by atoms with Crippen molar-refractivity contribution in [2.45, 2.75) is 73.0 Å². The lowest BCUT2D eigenvalue weighted by Crippen LogP contribution is -2.31. The normalized spacial score (nSPS) is 14.3. The molecule has 2 aromatic heterocycles. The highest BCUT2D eigenvalue weighted by molar-refractivity contribution is 6.06. The van der Waals surface area contributed by atoms with Crippen molar-refractivity contribution in [2.24, 2.45) is 5.41 Å². The fraction of sp³-hybridized carbons (Fsp3) is 0.517. The minimum atomic E-state index is -0.623. The number of amides is 2. The second kappa shape index (κ2) is 12.0. The van der Waals surface area contributed by atoms with Crippen LogP contribution in [-0.2, 0) is 29.0 Å². The molecule has 1 aliphatic heterocycles. The van der Waals surface area contributed by atoms with Crippen molar-refractivity contribution < 1.29 is 19.1 Å². The van der Waals surface area contributed by atoms with E-state index in [0.29, 0.717) is 37.6 Å². The SMILES string of the molecule is CCc1nc2c(cnn2CC)c(NC2CCOCC2)c1CNC(=O)c1c(NC(=O)C(C)(C)C)cccc1OC. The van der Waals surface area contributed by atoms with Crippen LogP contribution in [0.5, 0.6) is 5.75 Å². The van der Waals surface area contributed by atoms with E-state index < -0.39 is 5.41 Å². The number of hydrogen-bond acceptors (Lipinski definition) is 7. The highest BCUT2D eigenvalue weighted by Crippen LogP contribution is 2.32. The molecule has 10 heteroatoms. The Labute approximate surface area is 229 Å². The number of fused-ring (bicyclic) bond motifs is 1. The molecule has 0 saturated carbocycles. The maximum Gasteiger partial charge on any atom is 0.257 e. The molecule has 3 aromatic rings. The molecule has 10 nitrogen and oxygen atoms in total. The lowest BCUT2D eigenvalue weighted by molar-refractivity contribution is -0.123. The standard InChI is InChI=1S/C29H40N6O4/c1-7-21-19(25(32-18-12-14-39-15-13-18)20-17-31-35(8-2)26(20)33-21)16-30-27(36)24-22(10-9-11-23(24)38-6)34-28(37)29(3,4)5/h9-11,17-18H,7-8,12-16H2,1-6H3,(H,30,36)(H,32,33)(H,34,37). The Morgan fingerprint density at radius 1 is 1.18 bits per heavy atom. The Morgan fingerprint density at radius 2 is 1.92 bits per heavy atom. The lowest BCUT2D eigenvalue weighted by Gasteiger charge is -2.27. The lowest BCUT2D eigenvalue weighted by atomic mass is 9.95. The monoisotopic (exact) mass is 536 g/mol. The van der Waals surface area contributed by atoms with Crippen molar-refractivity contribution >= 4 is 34.2 Å². The molecule has 1 saturated heterocycles. The molecular formula is C29H40N6O4. The van der Waals surface area contributed by atoms with E-state index in [-0.39, 0.29) is 30.0 Å². The predicted octanol–water partition coefficient (Wildman–Crippen LogP) is 4.53. The Balaban J connectivity index is 1.70. The van der Waals surface area contributed by atoms with Gasteiger partial charge in [-0.15, -0.1) is 0 Å². The number of benzene rings is 1. The average Bonchev–Trinajstić information content (AvgIpc) is 3.34. The second-order valence-corrected chi connectivity index (χ2v) is 10.8. The van der Waals surface area contributed by atoms with Gasteiger partial charge in [-0.2, -0.15) is 5.10 Å². The molecule has 4 rings (SSSR count). The molecule has 0 atom stereocenters. The fourth-order valence-electron chi connectivity index (χ4n) is 4.71. The number of hydrogen-bond donors (Lipinski definition) is 3. The number of anilines is 2.